The highest BCUT2D eigenvalue weighted by atomic mass is 16.3. The van der Waals surface area contributed by atoms with Gasteiger partial charge in [-0.2, -0.15) is 0 Å². The Morgan fingerprint density at radius 1 is 1.22 bits per heavy atom. The maximum atomic E-state index is 11.8. The van der Waals surface area contributed by atoms with Crippen LogP contribution in [0.25, 0.3) is 0 Å². The van der Waals surface area contributed by atoms with Gasteiger partial charge in [0.2, 0.25) is 5.91 Å². The summed E-state index contributed by atoms with van der Waals surface area (Å²) in [5, 5.41) is 2.85. The number of nitrogens with two attached hydrogens (primary N) is 1. The summed E-state index contributed by atoms with van der Waals surface area (Å²) < 4.78 is 4.93. The molecule has 3 N–H and O–H groups in total. The second-order valence-electron chi connectivity index (χ2n) is 4.06. The van der Waals surface area contributed by atoms with Gasteiger partial charge in [0.15, 0.2) is 0 Å². The zero-order chi connectivity index (χ0) is 12.8. The van der Waals surface area contributed by atoms with Gasteiger partial charge in [-0.1, -0.05) is 24.3 Å². The fourth-order valence-electron chi connectivity index (χ4n) is 1.76. The fraction of sp³-hybridized carbons (Fsp3) is 0.214. The summed E-state index contributed by atoms with van der Waals surface area (Å²) in [6.07, 6.45) is 3.56. The van der Waals surface area contributed by atoms with Crippen molar-refractivity contribution in [3.63, 3.8) is 0 Å². The third-order valence-corrected chi connectivity index (χ3v) is 2.76. The molecule has 18 heavy (non-hydrogen) atoms. The van der Waals surface area contributed by atoms with Crippen LogP contribution in [0.15, 0.2) is 47.3 Å². The predicted molar refractivity (Wildman–Crippen MR) is 68.6 cm³/mol. The third-order valence-electron chi connectivity index (χ3n) is 2.76. The number of furan rings is 1. The number of benzene rings is 1. The molecule has 1 heterocycles. The second kappa shape index (κ2) is 6.02. The first kappa shape index (κ1) is 12.4. The van der Waals surface area contributed by atoms with E-state index in [0.717, 1.165) is 16.7 Å². The van der Waals surface area contributed by atoms with E-state index in [9.17, 15) is 4.79 Å². The van der Waals surface area contributed by atoms with Crippen molar-refractivity contribution in [1.82, 2.24) is 5.32 Å². The van der Waals surface area contributed by atoms with Gasteiger partial charge in [0, 0.05) is 18.7 Å². The molecule has 0 aliphatic rings. The van der Waals surface area contributed by atoms with Gasteiger partial charge in [-0.05, 0) is 17.2 Å². The van der Waals surface area contributed by atoms with E-state index in [0.29, 0.717) is 19.5 Å². The van der Waals surface area contributed by atoms with E-state index in [1.165, 1.54) is 0 Å². The number of carbonyl (C=O) groups is 1. The molecule has 0 spiro atoms. The van der Waals surface area contributed by atoms with Gasteiger partial charge < -0.3 is 15.5 Å². The zero-order valence-electron chi connectivity index (χ0n) is 10.1. The first-order valence-corrected chi connectivity index (χ1v) is 5.84. The molecule has 1 aromatic carbocycles. The lowest BCUT2D eigenvalue weighted by atomic mass is 10.0. The van der Waals surface area contributed by atoms with Crippen LogP contribution in [0.1, 0.15) is 16.7 Å². The molecule has 1 aromatic heterocycles. The molecule has 0 atom stereocenters. The molecule has 0 aliphatic carbocycles. The van der Waals surface area contributed by atoms with E-state index < -0.39 is 0 Å². The molecular weight excluding hydrogens is 228 g/mol. The molecule has 4 nitrogen and oxygen atoms in total. The van der Waals surface area contributed by atoms with Crippen LogP contribution in [-0.2, 0) is 24.3 Å². The standard InChI is InChI=1S/C14H16N2O2/c15-8-13-4-2-1-3-12(13)7-14(17)16-9-11-5-6-18-10-11/h1-6,10H,7-9,15H2,(H,16,17). The summed E-state index contributed by atoms with van der Waals surface area (Å²) in [6, 6.07) is 9.54. The Hall–Kier alpha value is -2.07. The molecule has 0 saturated heterocycles. The average molecular weight is 244 g/mol. The molecule has 0 bridgehead atoms. The van der Waals surface area contributed by atoms with Gasteiger partial charge in [-0.25, -0.2) is 0 Å². The molecule has 2 aromatic rings. The fourth-order valence-corrected chi connectivity index (χ4v) is 1.76. The van der Waals surface area contributed by atoms with E-state index in [4.69, 9.17) is 10.2 Å². The molecule has 1 amide bonds. The molecule has 0 fully saturated rings. The van der Waals surface area contributed by atoms with Crippen molar-refractivity contribution in [3.05, 3.63) is 59.5 Å². The van der Waals surface area contributed by atoms with Crippen molar-refractivity contribution in [2.24, 2.45) is 5.73 Å². The lowest BCUT2D eigenvalue weighted by Crippen LogP contribution is -2.25. The van der Waals surface area contributed by atoms with Gasteiger partial charge in [0.1, 0.15) is 0 Å². The van der Waals surface area contributed by atoms with Crippen molar-refractivity contribution in [1.29, 1.82) is 0 Å². The first-order valence-electron chi connectivity index (χ1n) is 5.84. The predicted octanol–water partition coefficient (Wildman–Crippen LogP) is 1.60. The molecule has 2 rings (SSSR count). The van der Waals surface area contributed by atoms with E-state index in [2.05, 4.69) is 5.32 Å². The van der Waals surface area contributed by atoms with Crippen molar-refractivity contribution in [2.45, 2.75) is 19.5 Å². The Balaban J connectivity index is 1.90. The molecule has 0 radical (unpaired) electrons. The van der Waals surface area contributed by atoms with Crippen LogP contribution in [-0.4, -0.2) is 5.91 Å². The smallest absolute Gasteiger partial charge is 0.224 e. The van der Waals surface area contributed by atoms with Crippen LogP contribution >= 0.6 is 0 Å². The lowest BCUT2D eigenvalue weighted by molar-refractivity contribution is -0.120. The third kappa shape index (κ3) is 3.21. The number of carbonyl (C=O) groups excluding carboxylic acids is 1. The van der Waals surface area contributed by atoms with E-state index in [1.54, 1.807) is 12.5 Å². The summed E-state index contributed by atoms with van der Waals surface area (Å²) in [7, 11) is 0. The van der Waals surface area contributed by atoms with Gasteiger partial charge in [0.05, 0.1) is 18.9 Å². The topological polar surface area (TPSA) is 68.3 Å². The maximum absolute atomic E-state index is 11.8. The largest absolute Gasteiger partial charge is 0.472 e. The van der Waals surface area contributed by atoms with Crippen molar-refractivity contribution in [3.8, 4) is 0 Å². The minimum absolute atomic E-state index is 0.0166. The molecule has 4 heteroatoms. The highest BCUT2D eigenvalue weighted by Crippen LogP contribution is 2.08. The zero-order valence-corrected chi connectivity index (χ0v) is 10.1. The van der Waals surface area contributed by atoms with Crippen molar-refractivity contribution < 1.29 is 9.21 Å². The maximum Gasteiger partial charge on any atom is 0.224 e. The summed E-state index contributed by atoms with van der Waals surface area (Å²) in [4.78, 5) is 11.8. The first-order chi connectivity index (χ1) is 8.79. The Morgan fingerprint density at radius 3 is 2.67 bits per heavy atom. The Kier molecular flexibility index (Phi) is 4.15. The summed E-state index contributed by atoms with van der Waals surface area (Å²) in [5.74, 6) is -0.0166. The van der Waals surface area contributed by atoms with Crippen LogP contribution in [0.2, 0.25) is 0 Å². The summed E-state index contributed by atoms with van der Waals surface area (Å²) >= 11 is 0. The van der Waals surface area contributed by atoms with Crippen LogP contribution in [0.3, 0.4) is 0 Å². The van der Waals surface area contributed by atoms with Gasteiger partial charge in [-0.15, -0.1) is 0 Å². The number of hydrogen-bond donors (Lipinski definition) is 2. The van der Waals surface area contributed by atoms with Gasteiger partial charge >= 0.3 is 0 Å². The van der Waals surface area contributed by atoms with Crippen LogP contribution in [0, 0.1) is 0 Å². The normalized spacial score (nSPS) is 10.3. The Labute approximate surface area is 106 Å². The van der Waals surface area contributed by atoms with Crippen molar-refractivity contribution >= 4 is 5.91 Å². The molecular formula is C14H16N2O2. The minimum atomic E-state index is -0.0166. The second-order valence-corrected chi connectivity index (χ2v) is 4.06. The molecule has 0 saturated carbocycles. The molecule has 0 aliphatic heterocycles. The number of nitrogens with one attached hydrogen (secondary N) is 1. The van der Waals surface area contributed by atoms with Crippen molar-refractivity contribution in [2.75, 3.05) is 0 Å². The molecule has 0 unspecified atom stereocenters. The Bertz CT molecular complexity index is 506. The highest BCUT2D eigenvalue weighted by Gasteiger charge is 2.06. The van der Waals surface area contributed by atoms with Crippen LogP contribution in [0.5, 0.6) is 0 Å². The summed E-state index contributed by atoms with van der Waals surface area (Å²) in [5.41, 5.74) is 8.57. The number of amides is 1. The number of hydrogen-bond acceptors (Lipinski definition) is 3. The van der Waals surface area contributed by atoms with E-state index in [-0.39, 0.29) is 5.91 Å². The monoisotopic (exact) mass is 244 g/mol. The van der Waals surface area contributed by atoms with Gasteiger partial charge in [0.25, 0.3) is 0 Å². The number of rotatable bonds is 5. The quantitative estimate of drug-likeness (QED) is 0.839. The summed E-state index contributed by atoms with van der Waals surface area (Å²) in [6.45, 7) is 0.936. The minimum Gasteiger partial charge on any atom is -0.472 e. The van der Waals surface area contributed by atoms with E-state index in [1.807, 2.05) is 30.3 Å². The van der Waals surface area contributed by atoms with Crippen LogP contribution in [0.4, 0.5) is 0 Å². The Morgan fingerprint density at radius 2 is 2.00 bits per heavy atom. The van der Waals surface area contributed by atoms with E-state index >= 15 is 0 Å². The van der Waals surface area contributed by atoms with Crippen LogP contribution < -0.4 is 11.1 Å². The van der Waals surface area contributed by atoms with Gasteiger partial charge in [-0.3, -0.25) is 4.79 Å². The molecule has 94 valence electrons. The SMILES string of the molecule is NCc1ccccc1CC(=O)NCc1ccoc1. The highest BCUT2D eigenvalue weighted by molar-refractivity contribution is 5.78. The lowest BCUT2D eigenvalue weighted by Gasteiger charge is -2.07. The average Bonchev–Trinajstić information content (AvgIpc) is 2.90.